The lowest BCUT2D eigenvalue weighted by Crippen LogP contribution is -2.05. The molecule has 0 aromatic heterocycles. The Bertz CT molecular complexity index is 775. The maximum Gasteiger partial charge on any atom is 0.196 e. The number of hydrogen-bond donors (Lipinski definition) is 0. The molecule has 5 heteroatoms. The molecule has 0 saturated heterocycles. The smallest absolute Gasteiger partial charge is 0.196 e. The molecule has 0 radical (unpaired) electrons. The second-order valence-corrected chi connectivity index (χ2v) is 7.84. The van der Waals surface area contributed by atoms with Crippen LogP contribution in [0.4, 0.5) is 0 Å². The second-order valence-electron chi connectivity index (χ2n) is 6.59. The topological polar surface area (TPSA) is 34.1 Å². The molecule has 2 aromatic carbocycles. The Hall–Kier alpha value is -1.35. The van der Waals surface area contributed by atoms with Crippen LogP contribution in [0.3, 0.4) is 0 Å². The zero-order valence-electron chi connectivity index (χ0n) is 15.4. The molecule has 0 spiro atoms. The van der Waals surface area contributed by atoms with Gasteiger partial charge < -0.3 is 0 Å². The number of rotatable bonds is 10. The summed E-state index contributed by atoms with van der Waals surface area (Å²) in [5.74, 6) is -0.191. The van der Waals surface area contributed by atoms with Crippen LogP contribution in [0.15, 0.2) is 36.4 Å². The van der Waals surface area contributed by atoms with Crippen molar-refractivity contribution in [3.8, 4) is 0 Å². The van der Waals surface area contributed by atoms with Crippen molar-refractivity contribution in [2.45, 2.75) is 51.9 Å². The average Bonchev–Trinajstić information content (AvgIpc) is 2.63. The van der Waals surface area contributed by atoms with E-state index in [4.69, 9.17) is 34.8 Å². The molecular weight excluding hydrogens is 403 g/mol. The van der Waals surface area contributed by atoms with E-state index in [0.29, 0.717) is 22.6 Å². The Morgan fingerprint density at radius 2 is 1.30 bits per heavy atom. The highest BCUT2D eigenvalue weighted by Gasteiger charge is 2.18. The van der Waals surface area contributed by atoms with Crippen molar-refractivity contribution < 1.29 is 9.59 Å². The number of benzene rings is 2. The van der Waals surface area contributed by atoms with Gasteiger partial charge in [-0.1, -0.05) is 98.1 Å². The van der Waals surface area contributed by atoms with Crippen molar-refractivity contribution in [3.05, 3.63) is 68.2 Å². The number of unbranched alkanes of at least 4 members (excludes halogenated alkanes) is 5. The summed E-state index contributed by atoms with van der Waals surface area (Å²) in [5.41, 5.74) is 1.26. The monoisotopic (exact) mass is 424 g/mol. The van der Waals surface area contributed by atoms with Gasteiger partial charge in [0.25, 0.3) is 0 Å². The number of ketones is 2. The molecule has 0 heterocycles. The third-order valence-electron chi connectivity index (χ3n) is 4.46. The largest absolute Gasteiger partial charge is 0.294 e. The Balaban J connectivity index is 1.98. The number of carbonyl (C=O) groups is 2. The Morgan fingerprint density at radius 3 is 1.89 bits per heavy atom. The van der Waals surface area contributed by atoms with E-state index in [1.165, 1.54) is 37.8 Å². The van der Waals surface area contributed by atoms with Gasteiger partial charge in [-0.25, -0.2) is 0 Å². The van der Waals surface area contributed by atoms with E-state index in [0.717, 1.165) is 12.8 Å². The van der Waals surface area contributed by atoms with Gasteiger partial charge in [0.2, 0.25) is 0 Å². The summed E-state index contributed by atoms with van der Waals surface area (Å²) in [6.45, 7) is 2.19. The molecule has 0 saturated carbocycles. The van der Waals surface area contributed by atoms with E-state index in [1.807, 2.05) is 0 Å². The first kappa shape index (κ1) is 21.9. The molecular formula is C22H23Cl3O2. The molecule has 27 heavy (non-hydrogen) atoms. The summed E-state index contributed by atoms with van der Waals surface area (Å²) >= 11 is 18.1. The molecule has 0 aliphatic rings. The lowest BCUT2D eigenvalue weighted by molar-refractivity contribution is 0.0977. The summed E-state index contributed by atoms with van der Waals surface area (Å²) in [6.07, 6.45) is 7.40. The SMILES string of the molecule is CCCCCCCCC(=O)c1ccc(C(=O)c2c(Cl)cc(Cl)cc2Cl)cc1. The van der Waals surface area contributed by atoms with Gasteiger partial charge in [-0.05, 0) is 18.6 Å². The molecule has 0 fully saturated rings. The highest BCUT2D eigenvalue weighted by atomic mass is 35.5. The Morgan fingerprint density at radius 1 is 0.778 bits per heavy atom. The summed E-state index contributed by atoms with van der Waals surface area (Å²) in [6, 6.07) is 9.62. The summed E-state index contributed by atoms with van der Waals surface area (Å²) in [7, 11) is 0. The first-order chi connectivity index (χ1) is 12.9. The Labute approximate surface area is 175 Å². The molecule has 144 valence electrons. The van der Waals surface area contributed by atoms with Gasteiger partial charge in [0, 0.05) is 22.6 Å². The third kappa shape index (κ3) is 6.34. The maximum atomic E-state index is 12.7. The zero-order chi connectivity index (χ0) is 19.8. The van der Waals surface area contributed by atoms with Gasteiger partial charge in [0.15, 0.2) is 11.6 Å². The summed E-state index contributed by atoms with van der Waals surface area (Å²) in [5, 5.41) is 0.790. The standard InChI is InChI=1S/C22H23Cl3O2/c1-2-3-4-5-6-7-8-20(26)15-9-11-16(12-10-15)22(27)21-18(24)13-17(23)14-19(21)25/h9-14H,2-8H2,1H3. The van der Waals surface area contributed by atoms with Crippen molar-refractivity contribution in [2.75, 3.05) is 0 Å². The first-order valence-corrected chi connectivity index (χ1v) is 10.4. The minimum absolute atomic E-state index is 0.104. The van der Waals surface area contributed by atoms with Crippen LogP contribution in [0.1, 0.15) is 78.1 Å². The molecule has 0 aliphatic heterocycles. The van der Waals surface area contributed by atoms with Crippen LogP contribution >= 0.6 is 34.8 Å². The van der Waals surface area contributed by atoms with Crippen molar-refractivity contribution in [2.24, 2.45) is 0 Å². The summed E-state index contributed by atoms with van der Waals surface area (Å²) < 4.78 is 0. The van der Waals surface area contributed by atoms with Crippen molar-refractivity contribution in [1.29, 1.82) is 0 Å². The van der Waals surface area contributed by atoms with Gasteiger partial charge in [0.05, 0.1) is 15.6 Å². The first-order valence-electron chi connectivity index (χ1n) is 9.26. The van der Waals surface area contributed by atoms with E-state index >= 15 is 0 Å². The lowest BCUT2D eigenvalue weighted by Gasteiger charge is -2.08. The number of Topliss-reactive ketones (excluding diaryl/α,β-unsaturated/α-hetero) is 1. The van der Waals surface area contributed by atoms with Gasteiger partial charge in [-0.3, -0.25) is 9.59 Å². The third-order valence-corrected chi connectivity index (χ3v) is 5.27. The van der Waals surface area contributed by atoms with Crippen LogP contribution in [0.5, 0.6) is 0 Å². The fourth-order valence-electron chi connectivity index (χ4n) is 2.92. The predicted octanol–water partition coefficient (Wildman–Crippen LogP) is 7.81. The van der Waals surface area contributed by atoms with Crippen LogP contribution in [0.2, 0.25) is 15.1 Å². The maximum absolute atomic E-state index is 12.7. The molecule has 2 nitrogen and oxygen atoms in total. The molecule has 0 N–H and O–H groups in total. The fourth-order valence-corrected chi connectivity index (χ4v) is 3.91. The van der Waals surface area contributed by atoms with E-state index in [2.05, 4.69) is 6.92 Å². The normalized spacial score (nSPS) is 10.8. The van der Waals surface area contributed by atoms with Crippen LogP contribution in [-0.4, -0.2) is 11.6 Å². The number of halogens is 3. The van der Waals surface area contributed by atoms with Crippen molar-refractivity contribution >= 4 is 46.4 Å². The second kappa shape index (κ2) is 10.8. The fraction of sp³-hybridized carbons (Fsp3) is 0.364. The van der Waals surface area contributed by atoms with Crippen LogP contribution in [-0.2, 0) is 0 Å². The van der Waals surface area contributed by atoms with E-state index in [-0.39, 0.29) is 27.2 Å². The predicted molar refractivity (Wildman–Crippen MR) is 114 cm³/mol. The highest BCUT2D eigenvalue weighted by molar-refractivity contribution is 6.43. The summed E-state index contributed by atoms with van der Waals surface area (Å²) in [4.78, 5) is 25.0. The lowest BCUT2D eigenvalue weighted by atomic mass is 9.99. The van der Waals surface area contributed by atoms with E-state index in [9.17, 15) is 9.59 Å². The van der Waals surface area contributed by atoms with Gasteiger partial charge in [-0.2, -0.15) is 0 Å². The molecule has 0 atom stereocenters. The molecule has 2 rings (SSSR count). The van der Waals surface area contributed by atoms with Crippen LogP contribution in [0.25, 0.3) is 0 Å². The van der Waals surface area contributed by atoms with E-state index < -0.39 is 0 Å². The van der Waals surface area contributed by atoms with Crippen molar-refractivity contribution in [3.63, 3.8) is 0 Å². The molecule has 0 bridgehead atoms. The molecule has 2 aromatic rings. The van der Waals surface area contributed by atoms with Crippen LogP contribution < -0.4 is 0 Å². The van der Waals surface area contributed by atoms with E-state index in [1.54, 1.807) is 24.3 Å². The van der Waals surface area contributed by atoms with Crippen molar-refractivity contribution in [1.82, 2.24) is 0 Å². The molecule has 0 amide bonds. The van der Waals surface area contributed by atoms with Crippen LogP contribution in [0, 0.1) is 0 Å². The van der Waals surface area contributed by atoms with Gasteiger partial charge >= 0.3 is 0 Å². The number of hydrogen-bond acceptors (Lipinski definition) is 2. The highest BCUT2D eigenvalue weighted by Crippen LogP contribution is 2.31. The van der Waals surface area contributed by atoms with Gasteiger partial charge in [0.1, 0.15) is 0 Å². The molecule has 0 unspecified atom stereocenters. The average molecular weight is 426 g/mol. The van der Waals surface area contributed by atoms with Gasteiger partial charge in [-0.15, -0.1) is 0 Å². The zero-order valence-corrected chi connectivity index (χ0v) is 17.6. The minimum atomic E-state index is -0.295. The Kier molecular flexibility index (Phi) is 8.82. The molecule has 0 aliphatic carbocycles. The number of carbonyl (C=O) groups excluding carboxylic acids is 2. The minimum Gasteiger partial charge on any atom is -0.294 e. The quantitative estimate of drug-likeness (QED) is 0.287.